The fourth-order valence-electron chi connectivity index (χ4n) is 2.59. The average Bonchev–Trinajstić information content (AvgIpc) is 2.69. The van der Waals surface area contributed by atoms with Gasteiger partial charge in [0.1, 0.15) is 5.75 Å². The highest BCUT2D eigenvalue weighted by Crippen LogP contribution is 2.19. The molecule has 1 fully saturated rings. The van der Waals surface area contributed by atoms with Crippen LogP contribution < -0.4 is 10.1 Å². The van der Waals surface area contributed by atoms with Gasteiger partial charge < -0.3 is 10.1 Å². The van der Waals surface area contributed by atoms with Crippen molar-refractivity contribution in [3.8, 4) is 5.75 Å². The van der Waals surface area contributed by atoms with E-state index in [1.807, 2.05) is 24.3 Å². The number of para-hydroxylation sites is 1. The Hall–Kier alpha value is -1.07. The van der Waals surface area contributed by atoms with Crippen molar-refractivity contribution in [2.24, 2.45) is 0 Å². The van der Waals surface area contributed by atoms with E-state index in [0.717, 1.165) is 24.2 Å². The van der Waals surface area contributed by atoms with Gasteiger partial charge in [-0.05, 0) is 31.4 Å². The van der Waals surface area contributed by atoms with Crippen molar-refractivity contribution >= 4 is 9.84 Å². The minimum atomic E-state index is -2.81. The van der Waals surface area contributed by atoms with Crippen LogP contribution in [0, 0.1) is 0 Å². The summed E-state index contributed by atoms with van der Waals surface area (Å²) in [4.78, 5) is 0. The van der Waals surface area contributed by atoms with Gasteiger partial charge in [0.2, 0.25) is 0 Å². The topological polar surface area (TPSA) is 55.4 Å². The van der Waals surface area contributed by atoms with Crippen LogP contribution in [-0.2, 0) is 16.3 Å². The molecular formula is C14H21NO3S. The molecule has 0 aromatic heterocycles. The first-order valence-electron chi connectivity index (χ1n) is 6.58. The zero-order valence-electron chi connectivity index (χ0n) is 11.4. The molecule has 0 spiro atoms. The maximum atomic E-state index is 11.4. The Morgan fingerprint density at radius 2 is 2.16 bits per heavy atom. The number of hydrogen-bond acceptors (Lipinski definition) is 4. The highest BCUT2D eigenvalue weighted by molar-refractivity contribution is 7.91. The first kappa shape index (κ1) is 14.3. The third-order valence-corrected chi connectivity index (χ3v) is 5.24. The van der Waals surface area contributed by atoms with Crippen LogP contribution in [0.25, 0.3) is 0 Å². The summed E-state index contributed by atoms with van der Waals surface area (Å²) in [5.74, 6) is 1.46. The molecule has 1 heterocycles. The predicted octanol–water partition coefficient (Wildman–Crippen LogP) is 1.40. The Morgan fingerprint density at radius 1 is 1.42 bits per heavy atom. The number of rotatable bonds is 5. The summed E-state index contributed by atoms with van der Waals surface area (Å²) >= 11 is 0. The lowest BCUT2D eigenvalue weighted by Crippen LogP contribution is -2.38. The summed E-state index contributed by atoms with van der Waals surface area (Å²) in [6.07, 6.45) is 1.55. The van der Waals surface area contributed by atoms with Crippen LogP contribution in [0.4, 0.5) is 0 Å². The number of benzene rings is 1. The van der Waals surface area contributed by atoms with Crippen LogP contribution in [0.1, 0.15) is 18.9 Å². The van der Waals surface area contributed by atoms with Crippen molar-refractivity contribution in [1.82, 2.24) is 5.32 Å². The molecule has 19 heavy (non-hydrogen) atoms. The molecule has 5 heteroatoms. The minimum Gasteiger partial charge on any atom is -0.496 e. The molecule has 2 atom stereocenters. The van der Waals surface area contributed by atoms with Crippen molar-refractivity contribution in [1.29, 1.82) is 0 Å². The van der Waals surface area contributed by atoms with Gasteiger partial charge in [0.25, 0.3) is 0 Å². The number of ether oxygens (including phenoxy) is 1. The van der Waals surface area contributed by atoms with Crippen LogP contribution >= 0.6 is 0 Å². The third kappa shape index (κ3) is 3.94. The van der Waals surface area contributed by atoms with Crippen molar-refractivity contribution < 1.29 is 13.2 Å². The second-order valence-corrected chi connectivity index (χ2v) is 7.41. The lowest BCUT2D eigenvalue weighted by molar-refractivity contribution is 0.403. The second kappa shape index (κ2) is 5.92. The summed E-state index contributed by atoms with van der Waals surface area (Å²) in [7, 11) is -1.15. The maximum absolute atomic E-state index is 11.4. The van der Waals surface area contributed by atoms with Crippen molar-refractivity contribution in [3.05, 3.63) is 29.8 Å². The van der Waals surface area contributed by atoms with Gasteiger partial charge in [-0.3, -0.25) is 0 Å². The van der Waals surface area contributed by atoms with Crippen LogP contribution in [0.3, 0.4) is 0 Å². The van der Waals surface area contributed by atoms with E-state index in [-0.39, 0.29) is 17.8 Å². The number of hydrogen-bond donors (Lipinski definition) is 1. The number of sulfone groups is 1. The van der Waals surface area contributed by atoms with E-state index in [0.29, 0.717) is 5.75 Å². The van der Waals surface area contributed by atoms with E-state index < -0.39 is 9.84 Å². The fourth-order valence-corrected chi connectivity index (χ4v) is 4.28. The summed E-state index contributed by atoms with van der Waals surface area (Å²) in [6, 6.07) is 8.25. The van der Waals surface area contributed by atoms with Gasteiger partial charge in [-0.25, -0.2) is 8.42 Å². The Kier molecular flexibility index (Phi) is 4.47. The molecule has 2 rings (SSSR count). The number of methoxy groups -OCH3 is 1. The average molecular weight is 283 g/mol. The molecule has 1 aliphatic heterocycles. The monoisotopic (exact) mass is 283 g/mol. The lowest BCUT2D eigenvalue weighted by Gasteiger charge is -2.19. The molecule has 1 aromatic rings. The Bertz CT molecular complexity index is 527. The van der Waals surface area contributed by atoms with E-state index in [1.54, 1.807) is 7.11 Å². The van der Waals surface area contributed by atoms with Gasteiger partial charge in [-0.2, -0.15) is 0 Å². The SMILES string of the molecule is COc1ccccc1C[C@@H](C)N[C@H]1CCS(=O)(=O)C1. The summed E-state index contributed by atoms with van der Waals surface area (Å²) in [5.41, 5.74) is 1.14. The van der Waals surface area contributed by atoms with E-state index in [9.17, 15) is 8.42 Å². The Morgan fingerprint density at radius 3 is 2.79 bits per heavy atom. The van der Waals surface area contributed by atoms with Crippen LogP contribution in [-0.4, -0.2) is 39.1 Å². The van der Waals surface area contributed by atoms with Gasteiger partial charge >= 0.3 is 0 Å². The third-order valence-electron chi connectivity index (χ3n) is 3.47. The van der Waals surface area contributed by atoms with Crippen molar-refractivity contribution in [2.45, 2.75) is 31.8 Å². The summed E-state index contributed by atoms with van der Waals surface area (Å²) in [5, 5.41) is 3.40. The van der Waals surface area contributed by atoms with Gasteiger partial charge in [-0.1, -0.05) is 18.2 Å². The molecule has 106 valence electrons. The normalized spacial score (nSPS) is 23.2. The van der Waals surface area contributed by atoms with Gasteiger partial charge in [0.05, 0.1) is 18.6 Å². The molecule has 1 N–H and O–H groups in total. The van der Waals surface area contributed by atoms with Crippen LogP contribution in [0.15, 0.2) is 24.3 Å². The van der Waals surface area contributed by atoms with Gasteiger partial charge in [0.15, 0.2) is 9.84 Å². The molecule has 1 aliphatic rings. The largest absolute Gasteiger partial charge is 0.496 e. The predicted molar refractivity (Wildman–Crippen MR) is 76.4 cm³/mol. The molecule has 4 nitrogen and oxygen atoms in total. The van der Waals surface area contributed by atoms with Gasteiger partial charge in [0, 0.05) is 12.1 Å². The molecule has 1 aromatic carbocycles. The quantitative estimate of drug-likeness (QED) is 0.887. The van der Waals surface area contributed by atoms with E-state index in [2.05, 4.69) is 12.2 Å². The lowest BCUT2D eigenvalue weighted by atomic mass is 10.1. The summed E-state index contributed by atoms with van der Waals surface area (Å²) in [6.45, 7) is 2.08. The van der Waals surface area contributed by atoms with Gasteiger partial charge in [-0.15, -0.1) is 0 Å². The molecule has 0 unspecified atom stereocenters. The van der Waals surface area contributed by atoms with E-state index in [4.69, 9.17) is 4.74 Å². The Balaban J connectivity index is 1.93. The smallest absolute Gasteiger partial charge is 0.151 e. The minimum absolute atomic E-state index is 0.0923. The second-order valence-electron chi connectivity index (χ2n) is 5.18. The molecule has 1 saturated heterocycles. The first-order valence-corrected chi connectivity index (χ1v) is 8.40. The highest BCUT2D eigenvalue weighted by Gasteiger charge is 2.28. The summed E-state index contributed by atoms with van der Waals surface area (Å²) < 4.78 is 28.2. The molecule has 0 amide bonds. The molecule has 0 radical (unpaired) electrons. The van der Waals surface area contributed by atoms with E-state index in [1.165, 1.54) is 0 Å². The maximum Gasteiger partial charge on any atom is 0.151 e. The Labute approximate surface area is 115 Å². The molecule has 0 aliphatic carbocycles. The highest BCUT2D eigenvalue weighted by atomic mass is 32.2. The van der Waals surface area contributed by atoms with E-state index >= 15 is 0 Å². The van der Waals surface area contributed by atoms with Crippen LogP contribution in [0.5, 0.6) is 5.75 Å². The molecular weight excluding hydrogens is 262 g/mol. The number of nitrogens with one attached hydrogen (secondary N) is 1. The van der Waals surface area contributed by atoms with Crippen molar-refractivity contribution in [2.75, 3.05) is 18.6 Å². The molecule has 0 bridgehead atoms. The first-order chi connectivity index (χ1) is 9.00. The zero-order chi connectivity index (χ0) is 13.9. The van der Waals surface area contributed by atoms with Crippen LogP contribution in [0.2, 0.25) is 0 Å². The standard InChI is InChI=1S/C14H21NO3S/c1-11(15-13-7-8-19(16,17)10-13)9-12-5-3-4-6-14(12)18-2/h3-6,11,13,15H,7-10H2,1-2H3/t11-,13+/m1/s1. The zero-order valence-corrected chi connectivity index (χ0v) is 12.2. The molecule has 0 saturated carbocycles. The van der Waals surface area contributed by atoms with Crippen molar-refractivity contribution in [3.63, 3.8) is 0 Å². The fraction of sp³-hybridized carbons (Fsp3) is 0.571.